The van der Waals surface area contributed by atoms with E-state index >= 15 is 0 Å². The van der Waals surface area contributed by atoms with Crippen LogP contribution in [0.2, 0.25) is 0 Å². The van der Waals surface area contributed by atoms with Gasteiger partial charge in [0.2, 0.25) is 0 Å². The molecule has 220 valence electrons. The molecule has 43 heavy (non-hydrogen) atoms. The van der Waals surface area contributed by atoms with E-state index < -0.39 is 5.97 Å². The Morgan fingerprint density at radius 3 is 2.19 bits per heavy atom. The van der Waals surface area contributed by atoms with Gasteiger partial charge in [-0.2, -0.15) is 0 Å². The van der Waals surface area contributed by atoms with E-state index in [1.165, 1.54) is 0 Å². The number of piperidine rings is 1. The predicted octanol–water partition coefficient (Wildman–Crippen LogP) is 7.26. The van der Waals surface area contributed by atoms with Crippen molar-refractivity contribution in [3.63, 3.8) is 0 Å². The number of para-hydroxylation sites is 1. The predicted molar refractivity (Wildman–Crippen MR) is 172 cm³/mol. The monoisotopic (exact) mass is 594 g/mol. The lowest BCUT2D eigenvalue weighted by molar-refractivity contribution is 0.0528. The summed E-state index contributed by atoms with van der Waals surface area (Å²) in [7, 11) is 1.78. The van der Waals surface area contributed by atoms with Gasteiger partial charge in [-0.25, -0.2) is 4.79 Å². The molecular weight excluding hydrogens is 560 g/mol. The fraction of sp³-hybridized carbons (Fsp3) is 0.229. The molecular formula is C35H34N2O5S. The van der Waals surface area contributed by atoms with Gasteiger partial charge in [-0.05, 0) is 85.5 Å². The Morgan fingerprint density at radius 1 is 0.860 bits per heavy atom. The van der Waals surface area contributed by atoms with Crippen LogP contribution in [0.5, 0.6) is 17.2 Å². The van der Waals surface area contributed by atoms with E-state index in [1.807, 2.05) is 83.8 Å². The molecule has 1 N–H and O–H groups in total. The summed E-state index contributed by atoms with van der Waals surface area (Å²) in [5.74, 6) is 1.16. The molecule has 1 atom stereocenters. The van der Waals surface area contributed by atoms with Crippen molar-refractivity contribution in [2.45, 2.75) is 31.7 Å². The van der Waals surface area contributed by atoms with Gasteiger partial charge in [-0.3, -0.25) is 4.79 Å². The number of aromatic carboxylic acids is 1. The highest BCUT2D eigenvalue weighted by atomic mass is 32.1. The highest BCUT2D eigenvalue weighted by molar-refractivity contribution is 7.80. The van der Waals surface area contributed by atoms with Gasteiger partial charge in [0.15, 0.2) is 0 Å². The summed E-state index contributed by atoms with van der Waals surface area (Å²) in [6.45, 7) is 1.19. The summed E-state index contributed by atoms with van der Waals surface area (Å²) < 4.78 is 12.1. The number of nitrogens with zero attached hydrogens (tertiary/aromatic N) is 2. The zero-order valence-corrected chi connectivity index (χ0v) is 24.8. The number of hydrogen-bond donors (Lipinski definition) is 1. The standard InChI is InChI=1S/C35H34N2O5S/c1-36(32-13-6-5-12-31(32)35(39)40)33(43)23-25-14-16-29(17-15-25)42-30-20-18-28(19-21-30)41-24-27-11-7-8-22-37(27)34(38)26-9-3-2-4-10-26/h2-6,9-10,12-21,27H,7-8,11,22-24H2,1H3,(H,39,40). The van der Waals surface area contributed by atoms with Crippen LogP contribution in [0.4, 0.5) is 5.69 Å². The molecule has 8 heteroatoms. The fourth-order valence-corrected chi connectivity index (χ4v) is 5.44. The van der Waals surface area contributed by atoms with Crippen molar-refractivity contribution < 1.29 is 24.2 Å². The fourth-order valence-electron chi connectivity index (χ4n) is 5.17. The van der Waals surface area contributed by atoms with Gasteiger partial charge < -0.3 is 24.4 Å². The Labute approximate surface area is 257 Å². The first kappa shape index (κ1) is 29.8. The van der Waals surface area contributed by atoms with Gasteiger partial charge in [-0.1, -0.05) is 54.7 Å². The molecule has 1 unspecified atom stereocenters. The summed E-state index contributed by atoms with van der Waals surface area (Å²) >= 11 is 5.61. The lowest BCUT2D eigenvalue weighted by Gasteiger charge is -2.35. The molecule has 1 heterocycles. The number of amides is 1. The van der Waals surface area contributed by atoms with Crippen molar-refractivity contribution in [3.8, 4) is 17.2 Å². The molecule has 4 aromatic rings. The van der Waals surface area contributed by atoms with E-state index in [4.69, 9.17) is 21.7 Å². The third kappa shape index (κ3) is 7.59. The zero-order chi connectivity index (χ0) is 30.2. The summed E-state index contributed by atoms with van der Waals surface area (Å²) in [5.41, 5.74) is 2.47. The van der Waals surface area contributed by atoms with Gasteiger partial charge >= 0.3 is 5.97 Å². The van der Waals surface area contributed by atoms with Crippen molar-refractivity contribution >= 4 is 34.8 Å². The maximum atomic E-state index is 13.1. The number of carbonyl (C=O) groups excluding carboxylic acids is 1. The van der Waals surface area contributed by atoms with Crippen molar-refractivity contribution in [3.05, 3.63) is 120 Å². The molecule has 1 aliphatic rings. The topological polar surface area (TPSA) is 79.3 Å². The minimum absolute atomic E-state index is 0.0375. The lowest BCUT2D eigenvalue weighted by Crippen LogP contribution is -2.46. The molecule has 0 bridgehead atoms. The molecule has 0 saturated carbocycles. The number of anilines is 1. The van der Waals surface area contributed by atoms with Gasteiger partial charge in [0, 0.05) is 25.6 Å². The third-order valence-corrected chi connectivity index (χ3v) is 7.98. The normalized spacial score (nSPS) is 14.5. The van der Waals surface area contributed by atoms with Crippen LogP contribution in [0.15, 0.2) is 103 Å². The number of likely N-dealkylation sites (N-methyl/N-ethyl adjacent to an activating group) is 1. The molecule has 5 rings (SSSR count). The molecule has 1 amide bonds. The van der Waals surface area contributed by atoms with Crippen LogP contribution in [0.25, 0.3) is 0 Å². The van der Waals surface area contributed by atoms with E-state index in [2.05, 4.69) is 0 Å². The number of carbonyl (C=O) groups is 2. The van der Waals surface area contributed by atoms with E-state index in [1.54, 1.807) is 36.2 Å². The second-order valence-electron chi connectivity index (χ2n) is 10.5. The number of carboxylic acids is 1. The third-order valence-electron chi connectivity index (χ3n) is 7.56. The first-order valence-corrected chi connectivity index (χ1v) is 14.7. The molecule has 1 fully saturated rings. The van der Waals surface area contributed by atoms with Crippen LogP contribution in [-0.4, -0.2) is 53.1 Å². The zero-order valence-electron chi connectivity index (χ0n) is 24.0. The highest BCUT2D eigenvalue weighted by Gasteiger charge is 2.28. The van der Waals surface area contributed by atoms with Crippen molar-refractivity contribution in [1.82, 2.24) is 4.90 Å². The van der Waals surface area contributed by atoms with Crippen molar-refractivity contribution in [2.24, 2.45) is 0 Å². The summed E-state index contributed by atoms with van der Waals surface area (Å²) in [6.07, 6.45) is 3.50. The minimum Gasteiger partial charge on any atom is -0.491 e. The Kier molecular flexibility index (Phi) is 9.69. The molecule has 0 spiro atoms. The Morgan fingerprint density at radius 2 is 1.49 bits per heavy atom. The van der Waals surface area contributed by atoms with Gasteiger partial charge in [0.25, 0.3) is 5.91 Å². The van der Waals surface area contributed by atoms with Crippen LogP contribution in [0, 0.1) is 0 Å². The van der Waals surface area contributed by atoms with E-state index in [-0.39, 0.29) is 17.5 Å². The van der Waals surface area contributed by atoms with E-state index in [9.17, 15) is 14.7 Å². The highest BCUT2D eigenvalue weighted by Crippen LogP contribution is 2.27. The molecule has 4 aromatic carbocycles. The first-order chi connectivity index (χ1) is 20.9. The van der Waals surface area contributed by atoms with E-state index in [0.29, 0.717) is 40.8 Å². The smallest absolute Gasteiger partial charge is 0.337 e. The lowest BCUT2D eigenvalue weighted by atomic mass is 10.0. The average Bonchev–Trinajstić information content (AvgIpc) is 3.05. The van der Waals surface area contributed by atoms with Gasteiger partial charge in [0.05, 0.1) is 22.3 Å². The molecule has 1 aliphatic heterocycles. The second kappa shape index (κ2) is 14.0. The van der Waals surface area contributed by atoms with Crippen molar-refractivity contribution in [2.75, 3.05) is 25.1 Å². The Bertz CT molecular complexity index is 1560. The number of thiocarbonyl (C=S) groups is 1. The van der Waals surface area contributed by atoms with Gasteiger partial charge in [-0.15, -0.1) is 0 Å². The van der Waals surface area contributed by atoms with Crippen LogP contribution >= 0.6 is 12.2 Å². The SMILES string of the molecule is CN(C(=S)Cc1ccc(Oc2ccc(OCC3CCCCN3C(=O)c3ccccc3)cc2)cc1)c1ccccc1C(=O)O. The summed E-state index contributed by atoms with van der Waals surface area (Å²) in [4.78, 5) is 28.9. The Balaban J connectivity index is 1.13. The largest absolute Gasteiger partial charge is 0.491 e. The van der Waals surface area contributed by atoms with Crippen LogP contribution in [-0.2, 0) is 6.42 Å². The minimum atomic E-state index is -0.988. The molecule has 0 aromatic heterocycles. The quantitative estimate of drug-likeness (QED) is 0.194. The molecule has 7 nitrogen and oxygen atoms in total. The van der Waals surface area contributed by atoms with Crippen LogP contribution in [0.3, 0.4) is 0 Å². The average molecular weight is 595 g/mol. The molecule has 0 aliphatic carbocycles. The number of rotatable bonds is 10. The van der Waals surface area contributed by atoms with E-state index in [0.717, 1.165) is 37.1 Å². The first-order valence-electron chi connectivity index (χ1n) is 14.3. The van der Waals surface area contributed by atoms with Crippen LogP contribution < -0.4 is 14.4 Å². The number of benzene rings is 4. The number of hydrogen-bond acceptors (Lipinski definition) is 5. The number of carboxylic acid groups (broad SMARTS) is 1. The Hall–Kier alpha value is -4.69. The number of ether oxygens (including phenoxy) is 2. The number of likely N-dealkylation sites (tertiary alicyclic amines) is 1. The van der Waals surface area contributed by atoms with Crippen LogP contribution in [0.1, 0.15) is 45.5 Å². The maximum Gasteiger partial charge on any atom is 0.337 e. The second-order valence-corrected chi connectivity index (χ2v) is 11.0. The molecule has 0 radical (unpaired) electrons. The molecule has 1 saturated heterocycles. The van der Waals surface area contributed by atoms with Crippen molar-refractivity contribution in [1.29, 1.82) is 0 Å². The summed E-state index contributed by atoms with van der Waals surface area (Å²) in [5, 5.41) is 9.49. The maximum absolute atomic E-state index is 13.1. The van der Waals surface area contributed by atoms with Gasteiger partial charge in [0.1, 0.15) is 23.9 Å². The summed E-state index contributed by atoms with van der Waals surface area (Å²) in [6, 6.07) is 31.4.